The largest absolute Gasteiger partial charge is 0.481 e. The van der Waals surface area contributed by atoms with Crippen LogP contribution in [0, 0.1) is 23.7 Å². The number of aliphatic carboxylic acids is 1. The number of fused-ring (bicyclic) bond motifs is 1. The maximum absolute atomic E-state index is 12.6. The summed E-state index contributed by atoms with van der Waals surface area (Å²) in [5.74, 6) is -2.27. The number of rotatable bonds is 12. The van der Waals surface area contributed by atoms with E-state index in [2.05, 4.69) is 18.0 Å². The van der Waals surface area contributed by atoms with Gasteiger partial charge in [-0.05, 0) is 48.8 Å². The number of aromatic nitrogens is 1. The monoisotopic (exact) mass is 529 g/mol. The molecule has 1 aromatic heterocycles. The zero-order valence-corrected chi connectivity index (χ0v) is 22.2. The van der Waals surface area contributed by atoms with Crippen LogP contribution in [-0.2, 0) is 19.1 Å². The van der Waals surface area contributed by atoms with Crippen LogP contribution in [0.5, 0.6) is 0 Å². The van der Waals surface area contributed by atoms with Crippen molar-refractivity contribution in [1.29, 1.82) is 0 Å². The van der Waals surface area contributed by atoms with E-state index in [1.165, 1.54) is 18.5 Å². The van der Waals surface area contributed by atoms with E-state index in [1.807, 2.05) is 26.0 Å². The standard InChI is InChI=1S/C29H39NO8/c1-4-17(2)28(35)38-25-14-22(32)12-19-8-7-18(3)24(27(19)25)10-9-21(31)13-23(15-26(33)34)37-29(36)20-6-5-11-30-16-20/h5-8,11-12,16-18,21-25,27,31-32H,4,9-10,13-15H2,1-3H3,(H,33,34)/t17-,18-,21+,22+,23+,24-,25-,27-/m0/s1. The molecule has 0 bridgehead atoms. The number of pyridine rings is 1. The van der Waals surface area contributed by atoms with Crippen molar-refractivity contribution in [3.05, 3.63) is 53.9 Å². The van der Waals surface area contributed by atoms with Crippen molar-refractivity contribution in [3.63, 3.8) is 0 Å². The summed E-state index contributed by atoms with van der Waals surface area (Å²) < 4.78 is 11.3. The van der Waals surface area contributed by atoms with Crippen LogP contribution in [0.15, 0.2) is 48.3 Å². The SMILES string of the molecule is CC[C@H](C)C(=O)O[C@H]1C[C@H](O)C=C2C=C[C@H](C)[C@H](CC[C@@H](O)C[C@H](CC(=O)O)OC(=O)c3cccnc3)[C@H]21. The number of hydrogen-bond donors (Lipinski definition) is 3. The van der Waals surface area contributed by atoms with E-state index in [1.54, 1.807) is 6.07 Å². The van der Waals surface area contributed by atoms with Crippen molar-refractivity contribution in [2.75, 3.05) is 0 Å². The molecule has 8 atom stereocenters. The first-order chi connectivity index (χ1) is 18.1. The summed E-state index contributed by atoms with van der Waals surface area (Å²) in [4.78, 5) is 40.3. The molecule has 3 rings (SSSR count). The van der Waals surface area contributed by atoms with Gasteiger partial charge in [-0.1, -0.05) is 39.0 Å². The average Bonchev–Trinajstić information content (AvgIpc) is 2.87. The van der Waals surface area contributed by atoms with Crippen molar-refractivity contribution >= 4 is 17.9 Å². The van der Waals surface area contributed by atoms with Crippen molar-refractivity contribution in [2.45, 2.75) is 83.7 Å². The quantitative estimate of drug-likeness (QED) is 0.345. The molecule has 0 radical (unpaired) electrons. The number of nitrogens with zero attached hydrogens (tertiary/aromatic N) is 1. The molecule has 0 saturated heterocycles. The Bertz CT molecular complexity index is 1020. The summed E-state index contributed by atoms with van der Waals surface area (Å²) in [6, 6.07) is 3.11. The Morgan fingerprint density at radius 1 is 1.26 bits per heavy atom. The van der Waals surface area contributed by atoms with Crippen LogP contribution >= 0.6 is 0 Å². The Labute approximate surface area is 223 Å². The fourth-order valence-electron chi connectivity index (χ4n) is 5.30. The van der Waals surface area contributed by atoms with E-state index in [0.717, 1.165) is 5.57 Å². The van der Waals surface area contributed by atoms with Gasteiger partial charge >= 0.3 is 17.9 Å². The lowest BCUT2D eigenvalue weighted by Crippen LogP contribution is -2.43. The Kier molecular flexibility index (Phi) is 10.6. The van der Waals surface area contributed by atoms with Crippen molar-refractivity contribution in [2.24, 2.45) is 23.7 Å². The Morgan fingerprint density at radius 3 is 2.68 bits per heavy atom. The lowest BCUT2D eigenvalue weighted by Gasteiger charge is -2.43. The summed E-state index contributed by atoms with van der Waals surface area (Å²) in [6.45, 7) is 5.82. The zero-order valence-electron chi connectivity index (χ0n) is 22.2. The van der Waals surface area contributed by atoms with Crippen LogP contribution in [-0.4, -0.2) is 62.6 Å². The normalized spacial score (nSPS) is 26.9. The predicted octanol–water partition coefficient (Wildman–Crippen LogP) is 3.70. The molecule has 9 nitrogen and oxygen atoms in total. The van der Waals surface area contributed by atoms with Gasteiger partial charge < -0.3 is 24.8 Å². The van der Waals surface area contributed by atoms with E-state index >= 15 is 0 Å². The molecule has 3 N–H and O–H groups in total. The molecule has 0 saturated carbocycles. The molecule has 0 amide bonds. The molecular formula is C29H39NO8. The van der Waals surface area contributed by atoms with Gasteiger partial charge in [0.25, 0.3) is 0 Å². The minimum Gasteiger partial charge on any atom is -0.481 e. The molecule has 0 unspecified atom stereocenters. The molecule has 1 aromatic rings. The zero-order chi connectivity index (χ0) is 27.8. The number of aliphatic hydroxyl groups is 2. The van der Waals surface area contributed by atoms with E-state index < -0.39 is 42.8 Å². The number of carbonyl (C=O) groups is 3. The maximum atomic E-state index is 12.6. The summed E-state index contributed by atoms with van der Waals surface area (Å²) in [5, 5.41) is 30.5. The molecule has 1 heterocycles. The first-order valence-electron chi connectivity index (χ1n) is 13.4. The van der Waals surface area contributed by atoms with Gasteiger partial charge in [0, 0.05) is 31.2 Å². The van der Waals surface area contributed by atoms with Crippen molar-refractivity contribution < 1.29 is 39.2 Å². The number of carbonyl (C=O) groups excluding carboxylic acids is 2. The lowest BCUT2D eigenvalue weighted by atomic mass is 9.66. The second-order valence-electron chi connectivity index (χ2n) is 10.5. The van der Waals surface area contributed by atoms with Gasteiger partial charge in [-0.15, -0.1) is 0 Å². The highest BCUT2D eigenvalue weighted by atomic mass is 16.5. The minimum absolute atomic E-state index is 0.0201. The van der Waals surface area contributed by atoms with Gasteiger partial charge in [0.05, 0.1) is 30.1 Å². The Hall–Kier alpha value is -3.04. The third-order valence-electron chi connectivity index (χ3n) is 7.60. The summed E-state index contributed by atoms with van der Waals surface area (Å²) in [7, 11) is 0. The van der Waals surface area contributed by atoms with Crippen LogP contribution in [0.25, 0.3) is 0 Å². The highest BCUT2D eigenvalue weighted by Gasteiger charge is 2.42. The first kappa shape index (κ1) is 29.5. The maximum Gasteiger partial charge on any atom is 0.339 e. The van der Waals surface area contributed by atoms with E-state index in [4.69, 9.17) is 9.47 Å². The van der Waals surface area contributed by atoms with Crippen molar-refractivity contribution in [3.8, 4) is 0 Å². The van der Waals surface area contributed by atoms with Gasteiger partial charge in [-0.2, -0.15) is 0 Å². The third-order valence-corrected chi connectivity index (χ3v) is 7.60. The third kappa shape index (κ3) is 7.98. The topological polar surface area (TPSA) is 143 Å². The number of carboxylic acids is 1. The highest BCUT2D eigenvalue weighted by molar-refractivity contribution is 5.89. The number of carboxylic acid groups (broad SMARTS) is 1. The van der Waals surface area contributed by atoms with Gasteiger partial charge in [-0.25, -0.2) is 4.79 Å². The molecular weight excluding hydrogens is 490 g/mol. The summed E-state index contributed by atoms with van der Waals surface area (Å²) in [5.41, 5.74) is 1.13. The van der Waals surface area contributed by atoms with Crippen LogP contribution in [0.4, 0.5) is 0 Å². The average molecular weight is 530 g/mol. The highest BCUT2D eigenvalue weighted by Crippen LogP contribution is 2.44. The number of ether oxygens (including phenoxy) is 2. The van der Waals surface area contributed by atoms with Gasteiger partial charge in [0.2, 0.25) is 0 Å². The van der Waals surface area contributed by atoms with E-state index in [-0.39, 0.29) is 41.6 Å². The van der Waals surface area contributed by atoms with E-state index in [9.17, 15) is 29.7 Å². The Morgan fingerprint density at radius 2 is 2.03 bits per heavy atom. The fraction of sp³-hybridized carbons (Fsp3) is 0.586. The molecule has 9 heteroatoms. The summed E-state index contributed by atoms with van der Waals surface area (Å²) in [6.07, 6.45) is 7.11. The molecule has 0 aromatic carbocycles. The van der Waals surface area contributed by atoms with Gasteiger partial charge in [0.15, 0.2) is 0 Å². The second-order valence-corrected chi connectivity index (χ2v) is 10.5. The number of aliphatic hydroxyl groups excluding tert-OH is 2. The molecule has 38 heavy (non-hydrogen) atoms. The first-order valence-corrected chi connectivity index (χ1v) is 13.4. The number of esters is 2. The Balaban J connectivity index is 1.67. The lowest BCUT2D eigenvalue weighted by molar-refractivity contribution is -0.159. The van der Waals surface area contributed by atoms with Crippen LogP contribution in [0.3, 0.4) is 0 Å². The minimum atomic E-state index is -1.13. The number of allylic oxidation sites excluding steroid dienone is 2. The molecule has 2 aliphatic rings. The summed E-state index contributed by atoms with van der Waals surface area (Å²) >= 11 is 0. The smallest absolute Gasteiger partial charge is 0.339 e. The molecule has 2 aliphatic carbocycles. The molecule has 0 fully saturated rings. The van der Waals surface area contributed by atoms with Gasteiger partial charge in [-0.3, -0.25) is 14.6 Å². The predicted molar refractivity (Wildman–Crippen MR) is 139 cm³/mol. The van der Waals surface area contributed by atoms with Crippen LogP contribution in [0.1, 0.15) is 69.7 Å². The fourth-order valence-corrected chi connectivity index (χ4v) is 5.30. The second kappa shape index (κ2) is 13.7. The van der Waals surface area contributed by atoms with Crippen LogP contribution < -0.4 is 0 Å². The van der Waals surface area contributed by atoms with Gasteiger partial charge in [0.1, 0.15) is 12.2 Å². The van der Waals surface area contributed by atoms with Crippen LogP contribution in [0.2, 0.25) is 0 Å². The molecule has 0 spiro atoms. The molecule has 208 valence electrons. The van der Waals surface area contributed by atoms with E-state index in [0.29, 0.717) is 25.7 Å². The van der Waals surface area contributed by atoms with Crippen molar-refractivity contribution in [1.82, 2.24) is 4.98 Å². The molecule has 0 aliphatic heterocycles. The number of hydrogen-bond acceptors (Lipinski definition) is 8.